The van der Waals surface area contributed by atoms with Gasteiger partial charge in [-0.15, -0.1) is 0 Å². The lowest BCUT2D eigenvalue weighted by Gasteiger charge is -2.19. The van der Waals surface area contributed by atoms with Gasteiger partial charge in [-0.05, 0) is 97.2 Å². The van der Waals surface area contributed by atoms with Crippen LogP contribution in [0.2, 0.25) is 0 Å². The van der Waals surface area contributed by atoms with Gasteiger partial charge in [-0.1, -0.05) is 133 Å². The minimum Gasteiger partial charge on any atom is -0.393 e. The van der Waals surface area contributed by atoms with E-state index >= 15 is 0 Å². The molecule has 3 nitrogen and oxygen atoms in total. The van der Waals surface area contributed by atoms with E-state index in [0.717, 1.165) is 38.5 Å². The van der Waals surface area contributed by atoms with E-state index in [1.165, 1.54) is 33.0 Å². The summed E-state index contributed by atoms with van der Waals surface area (Å²) in [6.07, 6.45) is 7.79. The Balaban J connectivity index is 1.22. The largest absolute Gasteiger partial charge is 0.393 e. The van der Waals surface area contributed by atoms with Gasteiger partial charge in [0.1, 0.15) is 0 Å². The number of rotatable bonds is 16. The zero-order valence-corrected chi connectivity index (χ0v) is 26.2. The number of carbonyl (C=O) groups excluding carboxylic acids is 2. The number of esters is 2. The fourth-order valence-electron chi connectivity index (χ4n) is 6.14. The SMILES string of the molecule is O=C(OC(=O)C(CCCc1ccc2ccccc2c1)CCc1ccccc1)C(CCCc1ccccc1)CCc1ccccc1. The molecule has 0 saturated heterocycles. The molecule has 0 fully saturated rings. The maximum atomic E-state index is 13.6. The van der Waals surface area contributed by atoms with Crippen molar-refractivity contribution in [3.8, 4) is 0 Å². The van der Waals surface area contributed by atoms with Crippen molar-refractivity contribution in [2.45, 2.75) is 64.2 Å². The molecule has 0 bridgehead atoms. The maximum absolute atomic E-state index is 13.6. The van der Waals surface area contributed by atoms with Crippen molar-refractivity contribution >= 4 is 22.7 Å². The molecule has 0 aliphatic rings. The summed E-state index contributed by atoms with van der Waals surface area (Å²) >= 11 is 0. The molecule has 0 aliphatic heterocycles. The van der Waals surface area contributed by atoms with Crippen LogP contribution in [0.25, 0.3) is 10.8 Å². The van der Waals surface area contributed by atoms with Gasteiger partial charge in [0, 0.05) is 0 Å². The van der Waals surface area contributed by atoms with E-state index < -0.39 is 0 Å². The highest BCUT2D eigenvalue weighted by atomic mass is 16.6. The van der Waals surface area contributed by atoms with Crippen LogP contribution in [0.3, 0.4) is 0 Å². The zero-order chi connectivity index (χ0) is 31.1. The van der Waals surface area contributed by atoms with Crippen molar-refractivity contribution in [3.63, 3.8) is 0 Å². The lowest BCUT2D eigenvalue weighted by atomic mass is 9.92. The normalized spacial score (nSPS) is 12.4. The fourth-order valence-corrected chi connectivity index (χ4v) is 6.14. The van der Waals surface area contributed by atoms with E-state index in [1.807, 2.05) is 54.6 Å². The van der Waals surface area contributed by atoms with Gasteiger partial charge in [-0.2, -0.15) is 0 Å². The lowest BCUT2D eigenvalue weighted by Crippen LogP contribution is -2.27. The second kappa shape index (κ2) is 17.1. The first-order valence-corrected chi connectivity index (χ1v) is 16.5. The third-order valence-electron chi connectivity index (χ3n) is 8.81. The van der Waals surface area contributed by atoms with E-state index in [0.29, 0.717) is 25.7 Å². The van der Waals surface area contributed by atoms with Crippen LogP contribution < -0.4 is 0 Å². The average molecular weight is 597 g/mol. The van der Waals surface area contributed by atoms with Crippen LogP contribution in [0.5, 0.6) is 0 Å². The molecule has 2 unspecified atom stereocenters. The first-order valence-electron chi connectivity index (χ1n) is 16.5. The third kappa shape index (κ3) is 10.3. The molecule has 45 heavy (non-hydrogen) atoms. The second-order valence-corrected chi connectivity index (χ2v) is 12.1. The molecule has 230 valence electrons. The van der Waals surface area contributed by atoms with Crippen molar-refractivity contribution in [2.75, 3.05) is 0 Å². The van der Waals surface area contributed by atoms with E-state index in [-0.39, 0.29) is 23.8 Å². The van der Waals surface area contributed by atoms with Crippen molar-refractivity contribution in [1.29, 1.82) is 0 Å². The Labute approximate surface area is 268 Å². The minimum atomic E-state index is -0.373. The maximum Gasteiger partial charge on any atom is 0.316 e. The molecule has 0 aromatic heterocycles. The Morgan fingerprint density at radius 3 is 1.36 bits per heavy atom. The number of fused-ring (bicyclic) bond motifs is 1. The summed E-state index contributed by atoms with van der Waals surface area (Å²) in [5.41, 5.74) is 4.91. The molecule has 0 N–H and O–H groups in total. The van der Waals surface area contributed by atoms with Crippen LogP contribution in [0.1, 0.15) is 60.8 Å². The summed E-state index contributed by atoms with van der Waals surface area (Å²) in [5, 5.41) is 2.46. The Morgan fingerprint density at radius 1 is 0.422 bits per heavy atom. The second-order valence-electron chi connectivity index (χ2n) is 12.1. The van der Waals surface area contributed by atoms with Gasteiger partial charge in [-0.3, -0.25) is 9.59 Å². The topological polar surface area (TPSA) is 43.4 Å². The van der Waals surface area contributed by atoms with Gasteiger partial charge in [0.2, 0.25) is 0 Å². The Bertz CT molecular complexity index is 1610. The minimum absolute atomic E-state index is 0.315. The monoisotopic (exact) mass is 596 g/mol. The molecule has 3 heteroatoms. The van der Waals surface area contributed by atoms with Crippen LogP contribution in [0, 0.1) is 11.8 Å². The molecule has 0 aliphatic carbocycles. The van der Waals surface area contributed by atoms with Gasteiger partial charge in [-0.25, -0.2) is 0 Å². The number of aryl methyl sites for hydroxylation is 4. The van der Waals surface area contributed by atoms with E-state index in [4.69, 9.17) is 4.74 Å². The number of hydrogen-bond acceptors (Lipinski definition) is 3. The summed E-state index contributed by atoms with van der Waals surface area (Å²) in [7, 11) is 0. The summed E-state index contributed by atoms with van der Waals surface area (Å²) in [6, 6.07) is 45.8. The van der Waals surface area contributed by atoms with Crippen LogP contribution in [0.4, 0.5) is 0 Å². The lowest BCUT2D eigenvalue weighted by molar-refractivity contribution is -0.166. The highest BCUT2D eigenvalue weighted by molar-refractivity contribution is 5.88. The first-order chi connectivity index (χ1) is 22.1. The Hall–Kier alpha value is -4.50. The summed E-state index contributed by atoms with van der Waals surface area (Å²) in [4.78, 5) is 27.2. The van der Waals surface area contributed by atoms with Gasteiger partial charge in [0.05, 0.1) is 11.8 Å². The molecular formula is C42H44O3. The predicted octanol–water partition coefficient (Wildman–Crippen LogP) is 9.75. The van der Waals surface area contributed by atoms with Gasteiger partial charge >= 0.3 is 11.9 Å². The number of hydrogen-bond donors (Lipinski definition) is 0. The molecule has 5 aromatic rings. The molecule has 0 saturated carbocycles. The molecule has 0 spiro atoms. The van der Waals surface area contributed by atoms with Crippen LogP contribution in [-0.2, 0) is 40.0 Å². The summed E-state index contributed by atoms with van der Waals surface area (Å²) < 4.78 is 5.74. The number of ether oxygens (including phenoxy) is 1. The molecule has 0 amide bonds. The first kappa shape index (κ1) is 31.9. The highest BCUT2D eigenvalue weighted by Crippen LogP contribution is 2.24. The standard InChI is InChI=1S/C42H44O3/c43-41(38(30-26-34-16-6-2-7-17-34)24-12-20-33-14-4-1-5-15-33)45-42(44)39(31-27-35-18-8-3-9-19-35)25-13-21-36-28-29-37-22-10-11-23-40(37)32-36/h1-11,14-19,22-23,28-29,32,38-39H,12-13,20-21,24-27,30-31H2. The molecular weight excluding hydrogens is 552 g/mol. The third-order valence-corrected chi connectivity index (χ3v) is 8.81. The predicted molar refractivity (Wildman–Crippen MR) is 184 cm³/mol. The molecule has 0 radical (unpaired) electrons. The van der Waals surface area contributed by atoms with Crippen LogP contribution in [0.15, 0.2) is 133 Å². The average Bonchev–Trinajstić information content (AvgIpc) is 3.09. The van der Waals surface area contributed by atoms with Crippen molar-refractivity contribution < 1.29 is 14.3 Å². The van der Waals surface area contributed by atoms with Crippen molar-refractivity contribution in [2.24, 2.45) is 11.8 Å². The summed E-state index contributed by atoms with van der Waals surface area (Å²) in [6.45, 7) is 0. The molecule has 2 atom stereocenters. The van der Waals surface area contributed by atoms with Crippen LogP contribution >= 0.6 is 0 Å². The quantitative estimate of drug-likeness (QED) is 0.0841. The Kier molecular flexibility index (Phi) is 12.1. The van der Waals surface area contributed by atoms with Crippen molar-refractivity contribution in [1.82, 2.24) is 0 Å². The van der Waals surface area contributed by atoms with Gasteiger partial charge < -0.3 is 4.74 Å². The Morgan fingerprint density at radius 2 is 0.844 bits per heavy atom. The van der Waals surface area contributed by atoms with E-state index in [2.05, 4.69) is 78.9 Å². The van der Waals surface area contributed by atoms with Gasteiger partial charge in [0.25, 0.3) is 0 Å². The molecule has 5 rings (SSSR count). The molecule has 5 aromatic carbocycles. The van der Waals surface area contributed by atoms with E-state index in [9.17, 15) is 9.59 Å². The number of carbonyl (C=O) groups is 2. The molecule has 0 heterocycles. The van der Waals surface area contributed by atoms with Gasteiger partial charge in [0.15, 0.2) is 0 Å². The summed E-state index contributed by atoms with van der Waals surface area (Å²) in [5.74, 6) is -1.38. The van der Waals surface area contributed by atoms with E-state index in [1.54, 1.807) is 0 Å². The number of benzene rings is 5. The van der Waals surface area contributed by atoms with Crippen LogP contribution in [-0.4, -0.2) is 11.9 Å². The van der Waals surface area contributed by atoms with Crippen molar-refractivity contribution in [3.05, 3.63) is 156 Å². The fraction of sp³-hybridized carbons (Fsp3) is 0.286. The highest BCUT2D eigenvalue weighted by Gasteiger charge is 2.27. The zero-order valence-electron chi connectivity index (χ0n) is 26.2. The smallest absolute Gasteiger partial charge is 0.316 e.